The Morgan fingerprint density at radius 3 is 3.06 bits per heavy atom. The molecule has 0 amide bonds. The number of benzene rings is 1. The molecular weight excluding hydrogens is 196 g/mol. The van der Waals surface area contributed by atoms with Crippen LogP contribution >= 0.6 is 0 Å². The molecule has 2 nitrogen and oxygen atoms in total. The fourth-order valence-electron chi connectivity index (χ4n) is 2.57. The zero-order valence-corrected chi connectivity index (χ0v) is 10.1. The summed E-state index contributed by atoms with van der Waals surface area (Å²) in [5, 5.41) is 3.44. The monoisotopic (exact) mass is 218 g/mol. The Labute approximate surface area is 98.2 Å². The molecule has 2 heteroatoms. The van der Waals surface area contributed by atoms with E-state index in [1.807, 2.05) is 0 Å². The predicted octanol–water partition coefficient (Wildman–Crippen LogP) is 1.90. The van der Waals surface area contributed by atoms with Crippen LogP contribution in [-0.4, -0.2) is 19.6 Å². The Hall–Kier alpha value is -0.860. The summed E-state index contributed by atoms with van der Waals surface area (Å²) in [5.74, 6) is 1.46. The second-order valence-corrected chi connectivity index (χ2v) is 4.83. The largest absolute Gasteiger partial charge is 0.330 e. The van der Waals surface area contributed by atoms with Gasteiger partial charge in [0.25, 0.3) is 0 Å². The zero-order valence-electron chi connectivity index (χ0n) is 10.1. The van der Waals surface area contributed by atoms with E-state index in [-0.39, 0.29) is 0 Å². The quantitative estimate of drug-likeness (QED) is 0.810. The van der Waals surface area contributed by atoms with Crippen LogP contribution in [0.3, 0.4) is 0 Å². The fourth-order valence-corrected chi connectivity index (χ4v) is 2.57. The van der Waals surface area contributed by atoms with Crippen molar-refractivity contribution in [2.45, 2.75) is 25.7 Å². The SMILES string of the molecule is CC(c1cccc(CCN)c1)C1CCNC1. The van der Waals surface area contributed by atoms with Gasteiger partial charge < -0.3 is 11.1 Å². The average molecular weight is 218 g/mol. The maximum absolute atomic E-state index is 5.60. The molecule has 0 radical (unpaired) electrons. The van der Waals surface area contributed by atoms with Crippen molar-refractivity contribution in [1.82, 2.24) is 5.32 Å². The van der Waals surface area contributed by atoms with Crippen molar-refractivity contribution in [2.24, 2.45) is 11.7 Å². The fraction of sp³-hybridized carbons (Fsp3) is 0.571. The third-order valence-corrected chi connectivity index (χ3v) is 3.72. The molecule has 2 rings (SSSR count). The van der Waals surface area contributed by atoms with Crippen molar-refractivity contribution >= 4 is 0 Å². The molecule has 1 aliphatic heterocycles. The minimum Gasteiger partial charge on any atom is -0.330 e. The molecule has 1 fully saturated rings. The van der Waals surface area contributed by atoms with Crippen LogP contribution in [-0.2, 0) is 6.42 Å². The molecule has 0 spiro atoms. The summed E-state index contributed by atoms with van der Waals surface area (Å²) in [6.45, 7) is 5.43. The molecular formula is C14H22N2. The van der Waals surface area contributed by atoms with E-state index in [0.717, 1.165) is 18.9 Å². The van der Waals surface area contributed by atoms with Crippen LogP contribution in [0, 0.1) is 5.92 Å². The molecule has 0 aliphatic carbocycles. The Balaban J connectivity index is 2.09. The summed E-state index contributed by atoms with van der Waals surface area (Å²) >= 11 is 0. The van der Waals surface area contributed by atoms with Crippen LogP contribution in [0.4, 0.5) is 0 Å². The number of nitrogens with one attached hydrogen (secondary N) is 1. The lowest BCUT2D eigenvalue weighted by Gasteiger charge is -2.19. The number of hydrogen-bond donors (Lipinski definition) is 2. The number of rotatable bonds is 4. The van der Waals surface area contributed by atoms with Crippen molar-refractivity contribution in [3.63, 3.8) is 0 Å². The third-order valence-electron chi connectivity index (χ3n) is 3.72. The second-order valence-electron chi connectivity index (χ2n) is 4.83. The predicted molar refractivity (Wildman–Crippen MR) is 68.6 cm³/mol. The molecule has 1 aromatic rings. The molecule has 88 valence electrons. The van der Waals surface area contributed by atoms with Crippen LogP contribution in [0.5, 0.6) is 0 Å². The summed E-state index contributed by atoms with van der Waals surface area (Å²) in [6, 6.07) is 8.92. The van der Waals surface area contributed by atoms with E-state index in [9.17, 15) is 0 Å². The molecule has 0 aromatic heterocycles. The minimum atomic E-state index is 0.660. The molecule has 0 saturated carbocycles. The molecule has 1 aliphatic rings. The van der Waals surface area contributed by atoms with Gasteiger partial charge in [0, 0.05) is 0 Å². The Bertz CT molecular complexity index is 329. The van der Waals surface area contributed by atoms with Crippen LogP contribution in [0.2, 0.25) is 0 Å². The van der Waals surface area contributed by atoms with Gasteiger partial charge in [0.2, 0.25) is 0 Å². The van der Waals surface area contributed by atoms with Crippen LogP contribution < -0.4 is 11.1 Å². The van der Waals surface area contributed by atoms with Gasteiger partial charge in [-0.1, -0.05) is 31.2 Å². The molecule has 0 bridgehead atoms. The molecule has 1 saturated heterocycles. The van der Waals surface area contributed by atoms with Crippen molar-refractivity contribution < 1.29 is 0 Å². The van der Waals surface area contributed by atoms with Gasteiger partial charge >= 0.3 is 0 Å². The van der Waals surface area contributed by atoms with Crippen molar-refractivity contribution in [2.75, 3.05) is 19.6 Å². The highest BCUT2D eigenvalue weighted by molar-refractivity contribution is 5.27. The van der Waals surface area contributed by atoms with Gasteiger partial charge in [0.15, 0.2) is 0 Å². The lowest BCUT2D eigenvalue weighted by molar-refractivity contribution is 0.487. The van der Waals surface area contributed by atoms with E-state index in [1.54, 1.807) is 0 Å². The Morgan fingerprint density at radius 2 is 2.38 bits per heavy atom. The van der Waals surface area contributed by atoms with Crippen molar-refractivity contribution in [3.05, 3.63) is 35.4 Å². The highest BCUT2D eigenvalue weighted by atomic mass is 14.9. The van der Waals surface area contributed by atoms with Crippen LogP contribution in [0.25, 0.3) is 0 Å². The van der Waals surface area contributed by atoms with Gasteiger partial charge in [0.1, 0.15) is 0 Å². The Morgan fingerprint density at radius 1 is 1.50 bits per heavy atom. The van der Waals surface area contributed by atoms with E-state index in [4.69, 9.17) is 5.73 Å². The highest BCUT2D eigenvalue weighted by Crippen LogP contribution is 2.28. The molecule has 2 atom stereocenters. The van der Waals surface area contributed by atoms with Gasteiger partial charge in [0.05, 0.1) is 0 Å². The first-order valence-corrected chi connectivity index (χ1v) is 6.31. The maximum atomic E-state index is 5.60. The van der Waals surface area contributed by atoms with Crippen molar-refractivity contribution in [3.8, 4) is 0 Å². The minimum absolute atomic E-state index is 0.660. The summed E-state index contributed by atoms with van der Waals surface area (Å²) in [5.41, 5.74) is 8.44. The maximum Gasteiger partial charge on any atom is -0.00143 e. The molecule has 3 N–H and O–H groups in total. The van der Waals surface area contributed by atoms with Crippen LogP contribution in [0.1, 0.15) is 30.4 Å². The van der Waals surface area contributed by atoms with Gasteiger partial charge in [-0.25, -0.2) is 0 Å². The molecule has 1 heterocycles. The van der Waals surface area contributed by atoms with Gasteiger partial charge in [-0.3, -0.25) is 0 Å². The van der Waals surface area contributed by atoms with Gasteiger partial charge in [-0.2, -0.15) is 0 Å². The van der Waals surface area contributed by atoms with E-state index in [1.165, 1.54) is 30.6 Å². The van der Waals surface area contributed by atoms with Gasteiger partial charge in [-0.15, -0.1) is 0 Å². The van der Waals surface area contributed by atoms with Gasteiger partial charge in [-0.05, 0) is 55.4 Å². The zero-order chi connectivity index (χ0) is 11.4. The van der Waals surface area contributed by atoms with E-state index in [0.29, 0.717) is 5.92 Å². The third kappa shape index (κ3) is 2.63. The molecule has 2 unspecified atom stereocenters. The lowest BCUT2D eigenvalue weighted by Crippen LogP contribution is -2.14. The lowest BCUT2D eigenvalue weighted by atomic mass is 9.86. The smallest absolute Gasteiger partial charge is 0.00143 e. The summed E-state index contributed by atoms with van der Waals surface area (Å²) in [4.78, 5) is 0. The summed E-state index contributed by atoms with van der Waals surface area (Å²) in [6.07, 6.45) is 2.30. The number of hydrogen-bond acceptors (Lipinski definition) is 2. The summed E-state index contributed by atoms with van der Waals surface area (Å²) < 4.78 is 0. The first-order chi connectivity index (χ1) is 7.81. The standard InChI is InChI=1S/C14H22N2/c1-11(14-6-8-16-10-14)13-4-2-3-12(9-13)5-7-15/h2-4,9,11,14,16H,5-8,10,15H2,1H3. The van der Waals surface area contributed by atoms with Crippen molar-refractivity contribution in [1.29, 1.82) is 0 Å². The first-order valence-electron chi connectivity index (χ1n) is 6.31. The molecule has 16 heavy (non-hydrogen) atoms. The summed E-state index contributed by atoms with van der Waals surface area (Å²) in [7, 11) is 0. The average Bonchev–Trinajstić information content (AvgIpc) is 2.82. The second kappa shape index (κ2) is 5.46. The normalized spacial score (nSPS) is 22.2. The highest BCUT2D eigenvalue weighted by Gasteiger charge is 2.22. The number of nitrogens with two attached hydrogens (primary N) is 1. The van der Waals surface area contributed by atoms with E-state index < -0.39 is 0 Å². The Kier molecular flexibility index (Phi) is 3.97. The van der Waals surface area contributed by atoms with Crippen LogP contribution in [0.15, 0.2) is 24.3 Å². The molecule has 1 aromatic carbocycles. The van der Waals surface area contributed by atoms with E-state index >= 15 is 0 Å². The first kappa shape index (κ1) is 11.6. The van der Waals surface area contributed by atoms with E-state index in [2.05, 4.69) is 36.5 Å². The topological polar surface area (TPSA) is 38.0 Å².